The first kappa shape index (κ1) is 29.9. The first-order chi connectivity index (χ1) is 22.1. The summed E-state index contributed by atoms with van der Waals surface area (Å²) in [5.74, 6) is 1.65. The highest BCUT2D eigenvalue weighted by molar-refractivity contribution is 5.45. The maximum atomic E-state index is 8.03. The smallest absolute Gasteiger partial charge is 0.124 e. The highest BCUT2D eigenvalue weighted by atomic mass is 16.5. The fraction of sp³-hybridized carbons (Fsp3) is 0.143. The molecule has 6 aromatic carbocycles. The molecule has 224 valence electrons. The second kappa shape index (κ2) is 13.7. The molecule has 0 heterocycles. The molecule has 0 aliphatic rings. The van der Waals surface area contributed by atoms with Gasteiger partial charge in [-0.1, -0.05) is 146 Å². The van der Waals surface area contributed by atoms with Crippen molar-refractivity contribution in [3.05, 3.63) is 203 Å². The summed E-state index contributed by atoms with van der Waals surface area (Å²) < 4.78 is 19.0. The van der Waals surface area contributed by atoms with E-state index < -0.39 is 11.2 Å². The Kier molecular flexibility index (Phi) is 9.09. The molecule has 45 heavy (non-hydrogen) atoms. The zero-order valence-corrected chi connectivity index (χ0v) is 25.8. The van der Waals surface area contributed by atoms with E-state index in [-0.39, 0.29) is 0 Å². The summed E-state index contributed by atoms with van der Waals surface area (Å²) in [6.07, 6.45) is 1.21. The van der Waals surface area contributed by atoms with E-state index in [1.165, 1.54) is 0 Å². The van der Waals surface area contributed by atoms with E-state index in [4.69, 9.17) is 14.2 Å². The topological polar surface area (TPSA) is 27.7 Å². The minimum Gasteiger partial charge on any atom is -0.497 e. The van der Waals surface area contributed by atoms with E-state index in [2.05, 4.69) is 146 Å². The van der Waals surface area contributed by atoms with E-state index in [9.17, 15) is 0 Å². The van der Waals surface area contributed by atoms with Gasteiger partial charge < -0.3 is 14.2 Å². The number of hydrogen-bond acceptors (Lipinski definition) is 3. The Morgan fingerprint density at radius 2 is 0.622 bits per heavy atom. The van der Waals surface area contributed by atoms with Crippen LogP contribution in [0.1, 0.15) is 33.4 Å². The van der Waals surface area contributed by atoms with Crippen LogP contribution in [0.2, 0.25) is 0 Å². The molecule has 6 rings (SSSR count). The summed E-state index contributed by atoms with van der Waals surface area (Å²) in [4.78, 5) is 0. The average Bonchev–Trinajstić information content (AvgIpc) is 3.13. The lowest BCUT2D eigenvalue weighted by molar-refractivity contribution is -0.126. The Morgan fingerprint density at radius 1 is 0.356 bits per heavy atom. The second-order valence-electron chi connectivity index (χ2n) is 11.3. The molecule has 0 unspecified atom stereocenters. The molecule has 0 N–H and O–H groups in total. The molecular weight excluding hydrogens is 552 g/mol. The minimum atomic E-state index is -0.866. The van der Waals surface area contributed by atoms with Crippen LogP contribution in [-0.2, 0) is 28.8 Å². The first-order valence-corrected chi connectivity index (χ1v) is 15.3. The van der Waals surface area contributed by atoms with Gasteiger partial charge in [0.1, 0.15) is 22.7 Å². The van der Waals surface area contributed by atoms with Crippen molar-refractivity contribution in [2.45, 2.75) is 24.0 Å². The van der Waals surface area contributed by atoms with Gasteiger partial charge in [0.15, 0.2) is 0 Å². The van der Waals surface area contributed by atoms with Gasteiger partial charge in [-0.3, -0.25) is 0 Å². The van der Waals surface area contributed by atoms with Crippen LogP contribution in [0.3, 0.4) is 0 Å². The summed E-state index contributed by atoms with van der Waals surface area (Å²) in [5.41, 5.74) is 4.88. The number of rotatable bonds is 12. The summed E-state index contributed by atoms with van der Waals surface area (Å²) in [7, 11) is 3.40. The molecule has 0 atom stereocenters. The Morgan fingerprint density at radius 3 is 0.867 bits per heavy atom. The highest BCUT2D eigenvalue weighted by Gasteiger charge is 2.47. The monoisotopic (exact) mass is 590 g/mol. The maximum absolute atomic E-state index is 8.03. The molecule has 3 nitrogen and oxygen atoms in total. The highest BCUT2D eigenvalue weighted by Crippen LogP contribution is 2.48. The fourth-order valence-corrected chi connectivity index (χ4v) is 6.24. The maximum Gasteiger partial charge on any atom is 0.124 e. The molecule has 0 spiro atoms. The molecule has 0 aliphatic carbocycles. The third-order valence-corrected chi connectivity index (χ3v) is 8.53. The van der Waals surface area contributed by atoms with Gasteiger partial charge in [-0.05, 0) is 57.6 Å². The molecular formula is C42H38O3. The van der Waals surface area contributed by atoms with Crippen molar-refractivity contribution in [2.75, 3.05) is 14.2 Å². The van der Waals surface area contributed by atoms with E-state index in [1.807, 2.05) is 24.3 Å². The van der Waals surface area contributed by atoms with Crippen molar-refractivity contribution >= 4 is 0 Å². The zero-order chi connectivity index (χ0) is 31.0. The molecule has 0 aliphatic heterocycles. The third-order valence-electron chi connectivity index (χ3n) is 8.53. The second-order valence-corrected chi connectivity index (χ2v) is 11.3. The molecule has 0 saturated heterocycles. The molecule has 0 amide bonds. The van der Waals surface area contributed by atoms with Gasteiger partial charge in [0.05, 0.1) is 14.2 Å². The van der Waals surface area contributed by atoms with Gasteiger partial charge in [0.2, 0.25) is 0 Å². The Labute approximate surface area is 266 Å². The third kappa shape index (κ3) is 6.40. The predicted molar refractivity (Wildman–Crippen MR) is 182 cm³/mol. The number of methoxy groups -OCH3 is 2. The quantitative estimate of drug-likeness (QED) is 0.142. The molecule has 0 saturated carbocycles. The molecule has 0 aromatic heterocycles. The summed E-state index contributed by atoms with van der Waals surface area (Å²) in [5, 5.41) is 0. The number of benzene rings is 6. The molecule has 0 fully saturated rings. The molecule has 3 heteroatoms. The lowest BCUT2D eigenvalue weighted by Gasteiger charge is -2.46. The molecule has 6 aromatic rings. The van der Waals surface area contributed by atoms with Crippen LogP contribution >= 0.6 is 0 Å². The minimum absolute atomic E-state index is 0.606. The predicted octanol–water partition coefficient (Wildman–Crippen LogP) is 9.39. The van der Waals surface area contributed by atoms with E-state index >= 15 is 0 Å². The van der Waals surface area contributed by atoms with Gasteiger partial charge in [0.25, 0.3) is 0 Å². The van der Waals surface area contributed by atoms with Crippen LogP contribution in [-0.4, -0.2) is 14.2 Å². The summed E-state index contributed by atoms with van der Waals surface area (Å²) in [6.45, 7) is 0. The Hall–Kier alpha value is -5.12. The Bertz CT molecular complexity index is 1540. The van der Waals surface area contributed by atoms with Crippen molar-refractivity contribution in [2.24, 2.45) is 0 Å². The van der Waals surface area contributed by atoms with E-state index in [0.29, 0.717) is 12.8 Å². The van der Waals surface area contributed by atoms with Crippen molar-refractivity contribution in [3.63, 3.8) is 0 Å². The van der Waals surface area contributed by atoms with Gasteiger partial charge >= 0.3 is 0 Å². The molecule has 0 radical (unpaired) electrons. The van der Waals surface area contributed by atoms with E-state index in [0.717, 1.165) is 44.9 Å². The van der Waals surface area contributed by atoms with E-state index in [1.54, 1.807) is 14.2 Å². The van der Waals surface area contributed by atoms with Crippen LogP contribution in [0.4, 0.5) is 0 Å². The van der Waals surface area contributed by atoms with Crippen molar-refractivity contribution in [3.8, 4) is 11.5 Å². The van der Waals surface area contributed by atoms with Crippen LogP contribution in [0.15, 0.2) is 170 Å². The van der Waals surface area contributed by atoms with Crippen LogP contribution in [0.5, 0.6) is 11.5 Å². The normalized spacial score (nSPS) is 11.6. The first-order valence-electron chi connectivity index (χ1n) is 15.3. The van der Waals surface area contributed by atoms with Crippen molar-refractivity contribution in [1.29, 1.82) is 0 Å². The van der Waals surface area contributed by atoms with Crippen LogP contribution in [0, 0.1) is 0 Å². The van der Waals surface area contributed by atoms with Gasteiger partial charge in [-0.25, -0.2) is 0 Å². The largest absolute Gasteiger partial charge is 0.497 e. The SMILES string of the molecule is COc1ccc(CC(OC(Cc2ccc(OC)cc2)(c2ccccc2)c2ccccc2)(c2ccccc2)c2ccccc2)cc1. The van der Waals surface area contributed by atoms with Crippen molar-refractivity contribution in [1.82, 2.24) is 0 Å². The lowest BCUT2D eigenvalue weighted by atomic mass is 9.76. The van der Waals surface area contributed by atoms with Gasteiger partial charge in [-0.2, -0.15) is 0 Å². The van der Waals surface area contributed by atoms with Crippen LogP contribution < -0.4 is 9.47 Å². The number of ether oxygens (including phenoxy) is 3. The summed E-state index contributed by atoms with van der Waals surface area (Å²) >= 11 is 0. The van der Waals surface area contributed by atoms with Gasteiger partial charge in [-0.15, -0.1) is 0 Å². The van der Waals surface area contributed by atoms with Crippen LogP contribution in [0.25, 0.3) is 0 Å². The average molecular weight is 591 g/mol. The van der Waals surface area contributed by atoms with Gasteiger partial charge in [0, 0.05) is 12.8 Å². The summed E-state index contributed by atoms with van der Waals surface area (Å²) in [6, 6.07) is 59.2. The Balaban J connectivity index is 1.64. The standard InChI is InChI=1S/C42H38O3/c1-43-39-27-23-33(24-28-39)31-41(35-15-7-3-8-16-35,36-17-9-4-10-18-36)45-42(37-19-11-5-12-20-37,38-21-13-6-14-22-38)32-34-25-29-40(44-2)30-26-34/h3-30H,31-32H2,1-2H3. The molecule has 0 bridgehead atoms. The van der Waals surface area contributed by atoms with Crippen molar-refractivity contribution < 1.29 is 14.2 Å². The lowest BCUT2D eigenvalue weighted by Crippen LogP contribution is -2.45. The number of hydrogen-bond donors (Lipinski definition) is 0. The zero-order valence-electron chi connectivity index (χ0n) is 25.8. The fourth-order valence-electron chi connectivity index (χ4n) is 6.24.